The van der Waals surface area contributed by atoms with Crippen molar-refractivity contribution in [3.63, 3.8) is 0 Å². The van der Waals surface area contributed by atoms with Crippen LogP contribution in [-0.4, -0.2) is 63.9 Å². The van der Waals surface area contributed by atoms with Gasteiger partial charge in [-0.25, -0.2) is 4.98 Å². The van der Waals surface area contributed by atoms with E-state index in [1.807, 2.05) is 35.2 Å². The number of anilines is 1. The summed E-state index contributed by atoms with van der Waals surface area (Å²) in [6.07, 6.45) is -1.45. The Morgan fingerprint density at radius 1 is 0.939 bits per heavy atom. The zero-order chi connectivity index (χ0) is 23.4. The SMILES string of the molecule is O=C(CN1CCN(C(=O)c2cncn2-c2ccccc2)CC1)Nc1ccccc1C(F)(F)F. The van der Waals surface area contributed by atoms with E-state index in [1.165, 1.54) is 24.4 Å². The molecule has 2 aromatic carbocycles. The monoisotopic (exact) mass is 457 g/mol. The lowest BCUT2D eigenvalue weighted by Crippen LogP contribution is -2.50. The minimum absolute atomic E-state index is 0.0594. The first-order valence-electron chi connectivity index (χ1n) is 10.4. The van der Waals surface area contributed by atoms with Crippen molar-refractivity contribution < 1.29 is 22.8 Å². The Hall–Kier alpha value is -3.66. The van der Waals surface area contributed by atoms with E-state index in [2.05, 4.69) is 10.3 Å². The largest absolute Gasteiger partial charge is 0.418 e. The van der Waals surface area contributed by atoms with Gasteiger partial charge in [-0.15, -0.1) is 0 Å². The molecule has 0 aliphatic carbocycles. The minimum atomic E-state index is -4.55. The Morgan fingerprint density at radius 2 is 1.61 bits per heavy atom. The number of para-hydroxylation sites is 2. The van der Waals surface area contributed by atoms with E-state index in [0.29, 0.717) is 31.9 Å². The molecule has 0 radical (unpaired) electrons. The van der Waals surface area contributed by atoms with E-state index in [0.717, 1.165) is 11.8 Å². The highest BCUT2D eigenvalue weighted by atomic mass is 19.4. The van der Waals surface area contributed by atoms with Crippen LogP contribution in [0.1, 0.15) is 16.1 Å². The van der Waals surface area contributed by atoms with Crippen LogP contribution >= 0.6 is 0 Å². The van der Waals surface area contributed by atoms with Crippen LogP contribution in [-0.2, 0) is 11.0 Å². The first-order valence-corrected chi connectivity index (χ1v) is 10.4. The molecule has 1 aliphatic heterocycles. The molecule has 1 aromatic heterocycles. The second-order valence-corrected chi connectivity index (χ2v) is 7.64. The molecule has 1 fully saturated rings. The Morgan fingerprint density at radius 3 is 2.30 bits per heavy atom. The number of rotatable bonds is 5. The molecule has 0 saturated carbocycles. The number of halogens is 3. The third kappa shape index (κ3) is 5.23. The smallest absolute Gasteiger partial charge is 0.335 e. The van der Waals surface area contributed by atoms with Crippen LogP contribution in [0.25, 0.3) is 5.69 Å². The van der Waals surface area contributed by atoms with Crippen molar-refractivity contribution in [1.29, 1.82) is 0 Å². The number of piperazine rings is 1. The minimum Gasteiger partial charge on any atom is -0.335 e. The molecule has 1 N–H and O–H groups in total. The second kappa shape index (κ2) is 9.45. The first kappa shape index (κ1) is 22.5. The van der Waals surface area contributed by atoms with Gasteiger partial charge in [0, 0.05) is 31.9 Å². The van der Waals surface area contributed by atoms with Gasteiger partial charge in [-0.2, -0.15) is 13.2 Å². The zero-order valence-corrected chi connectivity index (χ0v) is 17.6. The molecule has 1 saturated heterocycles. The Kier molecular flexibility index (Phi) is 6.45. The molecule has 172 valence electrons. The van der Waals surface area contributed by atoms with Crippen LogP contribution in [0.15, 0.2) is 67.1 Å². The summed E-state index contributed by atoms with van der Waals surface area (Å²) < 4.78 is 41.1. The van der Waals surface area contributed by atoms with Gasteiger partial charge in [-0.3, -0.25) is 19.1 Å². The van der Waals surface area contributed by atoms with Crippen molar-refractivity contribution in [3.05, 3.63) is 78.4 Å². The van der Waals surface area contributed by atoms with Gasteiger partial charge in [0.15, 0.2) is 0 Å². The predicted octanol–water partition coefficient (Wildman–Crippen LogP) is 3.29. The van der Waals surface area contributed by atoms with Crippen molar-refractivity contribution in [2.75, 3.05) is 38.0 Å². The van der Waals surface area contributed by atoms with Gasteiger partial charge >= 0.3 is 6.18 Å². The summed E-state index contributed by atoms with van der Waals surface area (Å²) in [6, 6.07) is 14.3. The Balaban J connectivity index is 1.34. The third-order valence-electron chi connectivity index (χ3n) is 5.43. The van der Waals surface area contributed by atoms with E-state index < -0.39 is 17.6 Å². The number of imidazole rings is 1. The van der Waals surface area contributed by atoms with E-state index in [1.54, 1.807) is 15.8 Å². The van der Waals surface area contributed by atoms with Gasteiger partial charge < -0.3 is 10.2 Å². The van der Waals surface area contributed by atoms with E-state index in [-0.39, 0.29) is 18.1 Å². The molecule has 4 rings (SSSR count). The van der Waals surface area contributed by atoms with Crippen LogP contribution in [0.3, 0.4) is 0 Å². The lowest BCUT2D eigenvalue weighted by molar-refractivity contribution is -0.137. The van der Waals surface area contributed by atoms with Crippen LogP contribution in [0, 0.1) is 0 Å². The average molecular weight is 457 g/mol. The molecule has 0 unspecified atom stereocenters. The Bertz CT molecular complexity index is 1120. The summed E-state index contributed by atoms with van der Waals surface area (Å²) in [5.41, 5.74) is 0.116. The van der Waals surface area contributed by atoms with Crippen molar-refractivity contribution in [2.45, 2.75) is 6.18 Å². The molecule has 10 heteroatoms. The van der Waals surface area contributed by atoms with Gasteiger partial charge in [-0.05, 0) is 24.3 Å². The van der Waals surface area contributed by atoms with Gasteiger partial charge in [0.25, 0.3) is 5.91 Å². The highest BCUT2D eigenvalue weighted by molar-refractivity contribution is 5.94. The van der Waals surface area contributed by atoms with Gasteiger partial charge in [0.1, 0.15) is 5.69 Å². The lowest BCUT2D eigenvalue weighted by Gasteiger charge is -2.34. The molecule has 7 nitrogen and oxygen atoms in total. The fourth-order valence-electron chi connectivity index (χ4n) is 3.75. The number of nitrogens with one attached hydrogen (secondary N) is 1. The third-order valence-corrected chi connectivity index (χ3v) is 5.43. The molecule has 1 aliphatic rings. The highest BCUT2D eigenvalue weighted by Gasteiger charge is 2.33. The number of amides is 2. The highest BCUT2D eigenvalue weighted by Crippen LogP contribution is 2.34. The number of carbonyl (C=O) groups excluding carboxylic acids is 2. The lowest BCUT2D eigenvalue weighted by atomic mass is 10.1. The van der Waals surface area contributed by atoms with Crippen molar-refractivity contribution in [2.24, 2.45) is 0 Å². The standard InChI is InChI=1S/C23H22F3N5O2/c24-23(25,26)18-8-4-5-9-19(18)28-21(32)15-29-10-12-30(13-11-29)22(33)20-14-27-16-31(20)17-6-2-1-3-7-17/h1-9,14,16H,10-13,15H2,(H,28,32). The molecule has 0 atom stereocenters. The second-order valence-electron chi connectivity index (χ2n) is 7.64. The van der Waals surface area contributed by atoms with Gasteiger partial charge in [-0.1, -0.05) is 30.3 Å². The van der Waals surface area contributed by atoms with Crippen LogP contribution in [0.4, 0.5) is 18.9 Å². The maximum Gasteiger partial charge on any atom is 0.418 e. The predicted molar refractivity (Wildman–Crippen MR) is 116 cm³/mol. The molecule has 33 heavy (non-hydrogen) atoms. The number of aromatic nitrogens is 2. The topological polar surface area (TPSA) is 70.5 Å². The molecular formula is C23H22F3N5O2. The maximum absolute atomic E-state index is 13.1. The quantitative estimate of drug-likeness (QED) is 0.639. The van der Waals surface area contributed by atoms with E-state index in [4.69, 9.17) is 0 Å². The average Bonchev–Trinajstić information content (AvgIpc) is 3.29. The summed E-state index contributed by atoms with van der Waals surface area (Å²) >= 11 is 0. The number of carbonyl (C=O) groups is 2. The first-order chi connectivity index (χ1) is 15.8. The summed E-state index contributed by atoms with van der Waals surface area (Å²) in [7, 11) is 0. The molecule has 0 spiro atoms. The van der Waals surface area contributed by atoms with E-state index >= 15 is 0 Å². The Labute approximate surface area is 188 Å². The van der Waals surface area contributed by atoms with Crippen molar-refractivity contribution in [1.82, 2.24) is 19.4 Å². The fraction of sp³-hybridized carbons (Fsp3) is 0.261. The number of hydrogen-bond donors (Lipinski definition) is 1. The molecule has 2 amide bonds. The van der Waals surface area contributed by atoms with E-state index in [9.17, 15) is 22.8 Å². The van der Waals surface area contributed by atoms with Gasteiger partial charge in [0.05, 0.1) is 30.3 Å². The number of benzene rings is 2. The number of nitrogens with zero attached hydrogens (tertiary/aromatic N) is 4. The summed E-state index contributed by atoms with van der Waals surface area (Å²) in [6.45, 7) is 1.59. The molecule has 3 aromatic rings. The fourth-order valence-corrected chi connectivity index (χ4v) is 3.75. The normalized spacial score (nSPS) is 14.8. The number of alkyl halides is 3. The van der Waals surface area contributed by atoms with Crippen LogP contribution < -0.4 is 5.32 Å². The summed E-state index contributed by atoms with van der Waals surface area (Å²) in [4.78, 5) is 33.0. The van der Waals surface area contributed by atoms with Crippen LogP contribution in [0.2, 0.25) is 0 Å². The number of hydrogen-bond acceptors (Lipinski definition) is 4. The summed E-state index contributed by atoms with van der Waals surface area (Å²) in [5, 5.41) is 2.35. The molecular weight excluding hydrogens is 435 g/mol. The zero-order valence-electron chi connectivity index (χ0n) is 17.6. The van der Waals surface area contributed by atoms with Crippen molar-refractivity contribution >= 4 is 17.5 Å². The molecule has 0 bridgehead atoms. The van der Waals surface area contributed by atoms with Crippen LogP contribution in [0.5, 0.6) is 0 Å². The van der Waals surface area contributed by atoms with Gasteiger partial charge in [0.2, 0.25) is 5.91 Å². The van der Waals surface area contributed by atoms with Crippen molar-refractivity contribution in [3.8, 4) is 5.69 Å². The molecule has 2 heterocycles. The summed E-state index contributed by atoms with van der Waals surface area (Å²) in [5.74, 6) is -0.701. The maximum atomic E-state index is 13.1.